The first-order valence-electron chi connectivity index (χ1n) is 10.8. The highest BCUT2D eigenvalue weighted by Crippen LogP contribution is 2.27. The number of carbonyl (C=O) groups excluding carboxylic acids is 1. The summed E-state index contributed by atoms with van der Waals surface area (Å²) in [5, 5.41) is 7.08. The van der Waals surface area contributed by atoms with Crippen molar-refractivity contribution in [1.29, 1.82) is 0 Å². The Morgan fingerprint density at radius 1 is 1.15 bits per heavy atom. The van der Waals surface area contributed by atoms with Crippen molar-refractivity contribution in [2.24, 2.45) is 0 Å². The number of ether oxygens (including phenoxy) is 1. The summed E-state index contributed by atoms with van der Waals surface area (Å²) >= 11 is 0. The molecule has 10 heteroatoms. The lowest BCUT2D eigenvalue weighted by atomic mass is 10.1. The highest BCUT2D eigenvalue weighted by atomic mass is 32.2. The largest absolute Gasteiger partial charge is 0.473 e. The normalized spacial score (nSPS) is 15.8. The van der Waals surface area contributed by atoms with Crippen molar-refractivity contribution in [2.45, 2.75) is 45.8 Å². The summed E-state index contributed by atoms with van der Waals surface area (Å²) in [6, 6.07) is 6.98. The lowest BCUT2D eigenvalue weighted by molar-refractivity contribution is 0.0933. The van der Waals surface area contributed by atoms with Crippen molar-refractivity contribution in [2.75, 3.05) is 11.5 Å². The Labute approximate surface area is 192 Å². The molecular weight excluding hydrogens is 444 g/mol. The predicted molar refractivity (Wildman–Crippen MR) is 122 cm³/mol. The van der Waals surface area contributed by atoms with Gasteiger partial charge in [-0.15, -0.1) is 0 Å². The van der Waals surface area contributed by atoms with Crippen LogP contribution >= 0.6 is 0 Å². The summed E-state index contributed by atoms with van der Waals surface area (Å²) in [5.74, 6) is 1.03. The average Bonchev–Trinajstić information content (AvgIpc) is 3.23. The molecule has 0 aliphatic carbocycles. The maximum Gasteiger partial charge on any atom is 0.253 e. The monoisotopic (exact) mass is 470 g/mol. The standard InChI is InChI=1S/C23H26N4O5S/c1-3-20-19(22(27-32-20)16-5-4-15(2)24-12-16)14-31-21-7-6-17(13-25-21)23(28)26-18-8-10-33(29,30)11-9-18/h4-7,12-13,18H,3,8-11,14H2,1-2H3,(H,26,28). The number of aromatic nitrogens is 3. The molecule has 1 aliphatic heterocycles. The van der Waals surface area contributed by atoms with Gasteiger partial charge in [0.2, 0.25) is 5.88 Å². The van der Waals surface area contributed by atoms with Gasteiger partial charge in [-0.1, -0.05) is 12.1 Å². The molecular formula is C23H26N4O5S. The maximum absolute atomic E-state index is 12.5. The molecule has 0 bridgehead atoms. The Morgan fingerprint density at radius 3 is 2.58 bits per heavy atom. The molecule has 1 N–H and O–H groups in total. The third-order valence-corrected chi connectivity index (χ3v) is 7.34. The van der Waals surface area contributed by atoms with Crippen molar-refractivity contribution in [3.8, 4) is 17.1 Å². The van der Waals surface area contributed by atoms with Gasteiger partial charge in [-0.05, 0) is 38.0 Å². The highest BCUT2D eigenvalue weighted by Gasteiger charge is 2.25. The van der Waals surface area contributed by atoms with Gasteiger partial charge in [0.25, 0.3) is 5.91 Å². The number of hydrogen-bond donors (Lipinski definition) is 1. The van der Waals surface area contributed by atoms with Crippen LogP contribution in [0.25, 0.3) is 11.3 Å². The molecule has 0 radical (unpaired) electrons. The summed E-state index contributed by atoms with van der Waals surface area (Å²) in [6.07, 6.45) is 4.73. The minimum absolute atomic E-state index is 0.103. The van der Waals surface area contributed by atoms with Crippen LogP contribution in [-0.4, -0.2) is 47.0 Å². The van der Waals surface area contributed by atoms with E-state index in [0.717, 1.165) is 22.6 Å². The highest BCUT2D eigenvalue weighted by molar-refractivity contribution is 7.91. The Balaban J connectivity index is 1.39. The zero-order chi connectivity index (χ0) is 23.4. The summed E-state index contributed by atoms with van der Waals surface area (Å²) in [4.78, 5) is 21.0. The molecule has 0 aromatic carbocycles. The van der Waals surface area contributed by atoms with Crippen LogP contribution < -0.4 is 10.1 Å². The molecule has 4 rings (SSSR count). The molecule has 3 aromatic heterocycles. The van der Waals surface area contributed by atoms with Crippen LogP contribution in [0.3, 0.4) is 0 Å². The summed E-state index contributed by atoms with van der Waals surface area (Å²) in [5.41, 5.74) is 3.67. The first-order chi connectivity index (χ1) is 15.8. The van der Waals surface area contributed by atoms with E-state index < -0.39 is 9.84 Å². The van der Waals surface area contributed by atoms with Crippen LogP contribution in [0.4, 0.5) is 0 Å². The van der Waals surface area contributed by atoms with Gasteiger partial charge in [0.05, 0.1) is 22.6 Å². The van der Waals surface area contributed by atoms with Crippen LogP contribution in [0.1, 0.15) is 47.1 Å². The second-order valence-corrected chi connectivity index (χ2v) is 10.4. The van der Waals surface area contributed by atoms with Gasteiger partial charge in [0.1, 0.15) is 27.9 Å². The second-order valence-electron chi connectivity index (χ2n) is 8.05. The molecule has 0 unspecified atom stereocenters. The first-order valence-corrected chi connectivity index (χ1v) is 12.7. The fourth-order valence-electron chi connectivity index (χ4n) is 3.65. The number of nitrogens with one attached hydrogen (secondary N) is 1. The number of rotatable bonds is 7. The Kier molecular flexibility index (Phi) is 6.73. The van der Waals surface area contributed by atoms with Crippen molar-refractivity contribution >= 4 is 15.7 Å². The SMILES string of the molecule is CCc1onc(-c2ccc(C)nc2)c1COc1ccc(C(=O)NC2CCS(=O)(=O)CC2)cn1. The lowest BCUT2D eigenvalue weighted by Gasteiger charge is -2.22. The molecule has 0 saturated carbocycles. The molecule has 4 heterocycles. The van der Waals surface area contributed by atoms with Crippen molar-refractivity contribution in [3.63, 3.8) is 0 Å². The number of pyridine rings is 2. The molecule has 1 aliphatic rings. The average molecular weight is 471 g/mol. The minimum atomic E-state index is -2.97. The van der Waals surface area contributed by atoms with E-state index in [2.05, 4.69) is 20.4 Å². The van der Waals surface area contributed by atoms with Gasteiger partial charge >= 0.3 is 0 Å². The van der Waals surface area contributed by atoms with Gasteiger partial charge in [-0.25, -0.2) is 13.4 Å². The Bertz CT molecular complexity index is 1210. The number of nitrogens with zero attached hydrogens (tertiary/aromatic N) is 3. The zero-order valence-corrected chi connectivity index (χ0v) is 19.4. The topological polar surface area (TPSA) is 124 Å². The van der Waals surface area contributed by atoms with Crippen molar-refractivity contribution in [1.82, 2.24) is 20.4 Å². The number of hydrogen-bond acceptors (Lipinski definition) is 8. The summed E-state index contributed by atoms with van der Waals surface area (Å²) < 4.78 is 34.4. The zero-order valence-electron chi connectivity index (χ0n) is 18.6. The molecule has 0 atom stereocenters. The molecule has 1 saturated heterocycles. The van der Waals surface area contributed by atoms with E-state index >= 15 is 0 Å². The number of aryl methyl sites for hydroxylation is 2. The quantitative estimate of drug-likeness (QED) is 0.559. The van der Waals surface area contributed by atoms with Crippen LogP contribution in [0.5, 0.6) is 5.88 Å². The molecule has 1 fully saturated rings. The smallest absolute Gasteiger partial charge is 0.253 e. The van der Waals surface area contributed by atoms with Crippen molar-refractivity contribution in [3.05, 3.63) is 59.2 Å². The third kappa shape index (κ3) is 5.57. The summed E-state index contributed by atoms with van der Waals surface area (Å²) in [6.45, 7) is 4.11. The van der Waals surface area contributed by atoms with Gasteiger partial charge < -0.3 is 14.6 Å². The van der Waals surface area contributed by atoms with Gasteiger partial charge in [0, 0.05) is 42.2 Å². The Hall–Kier alpha value is -3.27. The van der Waals surface area contributed by atoms with E-state index in [1.165, 1.54) is 6.20 Å². The van der Waals surface area contributed by atoms with Gasteiger partial charge in [-0.3, -0.25) is 9.78 Å². The van der Waals surface area contributed by atoms with E-state index in [1.54, 1.807) is 18.3 Å². The molecule has 174 valence electrons. The maximum atomic E-state index is 12.5. The first kappa shape index (κ1) is 22.9. The van der Waals surface area contributed by atoms with Gasteiger partial charge in [-0.2, -0.15) is 0 Å². The fraction of sp³-hybridized carbons (Fsp3) is 0.391. The minimum Gasteiger partial charge on any atom is -0.473 e. The van der Waals surface area contributed by atoms with E-state index in [0.29, 0.717) is 36.4 Å². The molecule has 0 spiro atoms. The lowest BCUT2D eigenvalue weighted by Crippen LogP contribution is -2.40. The fourth-order valence-corrected chi connectivity index (χ4v) is 5.15. The number of carbonyl (C=O) groups is 1. The third-order valence-electron chi connectivity index (χ3n) is 5.63. The molecule has 33 heavy (non-hydrogen) atoms. The molecule has 1 amide bonds. The van der Waals surface area contributed by atoms with E-state index in [9.17, 15) is 13.2 Å². The van der Waals surface area contributed by atoms with Crippen molar-refractivity contribution < 1.29 is 22.5 Å². The van der Waals surface area contributed by atoms with Gasteiger partial charge in [0.15, 0.2) is 0 Å². The van der Waals surface area contributed by atoms with E-state index in [4.69, 9.17) is 9.26 Å². The van der Waals surface area contributed by atoms with E-state index in [-0.39, 0.29) is 30.1 Å². The van der Waals surface area contributed by atoms with Crippen LogP contribution in [0.15, 0.2) is 41.2 Å². The molecule has 3 aromatic rings. The Morgan fingerprint density at radius 2 is 1.94 bits per heavy atom. The predicted octanol–water partition coefficient (Wildman–Crippen LogP) is 2.89. The molecule has 9 nitrogen and oxygen atoms in total. The van der Waals surface area contributed by atoms with Crippen LogP contribution in [0.2, 0.25) is 0 Å². The van der Waals surface area contributed by atoms with Crippen LogP contribution in [0, 0.1) is 6.92 Å². The van der Waals surface area contributed by atoms with Crippen LogP contribution in [-0.2, 0) is 22.9 Å². The number of sulfone groups is 1. The number of amides is 1. The summed E-state index contributed by atoms with van der Waals surface area (Å²) in [7, 11) is -2.97. The second kappa shape index (κ2) is 9.70. The van der Waals surface area contributed by atoms with E-state index in [1.807, 2.05) is 26.0 Å².